The Hall–Kier alpha value is -1.39. The number of nitrogens with zero attached hydrogens (tertiary/aromatic N) is 1. The highest BCUT2D eigenvalue weighted by molar-refractivity contribution is 9.10. The van der Waals surface area contributed by atoms with E-state index < -0.39 is 0 Å². The number of nitrogens with one attached hydrogen (secondary N) is 1. The summed E-state index contributed by atoms with van der Waals surface area (Å²) >= 11 is 3.35. The smallest absolute Gasteiger partial charge is 0.137 e. The molecule has 104 valence electrons. The summed E-state index contributed by atoms with van der Waals surface area (Å²) in [7, 11) is 0. The molecule has 2 nitrogen and oxygen atoms in total. The molecule has 0 saturated carbocycles. The third kappa shape index (κ3) is 2.72. The molecule has 0 aliphatic carbocycles. The van der Waals surface area contributed by atoms with Crippen molar-refractivity contribution in [2.24, 2.45) is 0 Å². The number of hydrogen-bond acceptors (Lipinski definition) is 2. The van der Waals surface area contributed by atoms with E-state index in [2.05, 4.69) is 50.4 Å². The van der Waals surface area contributed by atoms with Gasteiger partial charge in [-0.15, -0.1) is 0 Å². The van der Waals surface area contributed by atoms with E-state index in [0.29, 0.717) is 11.0 Å². The molecule has 0 unspecified atom stereocenters. The van der Waals surface area contributed by atoms with Crippen molar-refractivity contribution in [1.82, 2.24) is 5.32 Å². The molecule has 0 spiro atoms. The molecule has 0 bridgehead atoms. The zero-order valence-electron chi connectivity index (χ0n) is 11.1. The van der Waals surface area contributed by atoms with E-state index in [4.69, 9.17) is 0 Å². The minimum atomic E-state index is -0.205. The number of anilines is 1. The van der Waals surface area contributed by atoms with Gasteiger partial charge in [-0.2, -0.15) is 0 Å². The van der Waals surface area contributed by atoms with Crippen LogP contribution in [-0.4, -0.2) is 13.1 Å². The summed E-state index contributed by atoms with van der Waals surface area (Å²) in [5.74, 6) is -0.205. The minimum Gasteiger partial charge on any atom is -0.366 e. The lowest BCUT2D eigenvalue weighted by Gasteiger charge is -2.25. The molecule has 2 aromatic rings. The maximum Gasteiger partial charge on any atom is 0.137 e. The van der Waals surface area contributed by atoms with Crippen LogP contribution in [0.2, 0.25) is 0 Å². The van der Waals surface area contributed by atoms with Crippen molar-refractivity contribution in [1.29, 1.82) is 0 Å². The first-order valence-electron chi connectivity index (χ1n) is 6.72. The van der Waals surface area contributed by atoms with Crippen LogP contribution in [0.15, 0.2) is 46.9 Å². The first-order valence-corrected chi connectivity index (χ1v) is 7.51. The van der Waals surface area contributed by atoms with Gasteiger partial charge in [0.05, 0.1) is 4.47 Å². The van der Waals surface area contributed by atoms with Crippen molar-refractivity contribution >= 4 is 21.6 Å². The lowest BCUT2D eigenvalue weighted by atomic mass is 10.1. The van der Waals surface area contributed by atoms with Crippen LogP contribution in [0.4, 0.5) is 10.1 Å². The predicted molar refractivity (Wildman–Crippen MR) is 83.3 cm³/mol. The topological polar surface area (TPSA) is 15.3 Å². The monoisotopic (exact) mass is 334 g/mol. The largest absolute Gasteiger partial charge is 0.366 e. The van der Waals surface area contributed by atoms with Crippen molar-refractivity contribution < 1.29 is 4.39 Å². The molecule has 0 aromatic heterocycles. The third-order valence-electron chi connectivity index (χ3n) is 3.60. The molecular formula is C16H16BrFN2. The Balaban J connectivity index is 1.92. The van der Waals surface area contributed by atoms with Crippen LogP contribution in [0.5, 0.6) is 0 Å². The van der Waals surface area contributed by atoms with E-state index in [1.807, 2.05) is 6.07 Å². The van der Waals surface area contributed by atoms with Crippen molar-refractivity contribution in [3.63, 3.8) is 0 Å². The Morgan fingerprint density at radius 3 is 2.90 bits per heavy atom. The number of fused-ring (bicyclic) bond motifs is 1. The summed E-state index contributed by atoms with van der Waals surface area (Å²) in [6.45, 7) is 3.44. The van der Waals surface area contributed by atoms with Crippen LogP contribution < -0.4 is 10.2 Å². The lowest BCUT2D eigenvalue weighted by Crippen LogP contribution is -2.28. The van der Waals surface area contributed by atoms with Gasteiger partial charge in [-0.3, -0.25) is 0 Å². The van der Waals surface area contributed by atoms with Gasteiger partial charge < -0.3 is 10.2 Å². The normalized spacial score (nSPS) is 14.8. The Labute approximate surface area is 126 Å². The lowest BCUT2D eigenvalue weighted by molar-refractivity contribution is 0.616. The van der Waals surface area contributed by atoms with Gasteiger partial charge in [0, 0.05) is 31.9 Å². The van der Waals surface area contributed by atoms with E-state index >= 15 is 0 Å². The van der Waals surface area contributed by atoms with E-state index in [1.54, 1.807) is 6.07 Å². The second kappa shape index (κ2) is 5.94. The fourth-order valence-corrected chi connectivity index (χ4v) is 2.96. The minimum absolute atomic E-state index is 0.205. The molecule has 1 aliphatic rings. The van der Waals surface area contributed by atoms with E-state index in [-0.39, 0.29) is 5.82 Å². The highest BCUT2D eigenvalue weighted by Gasteiger charge is 2.16. The molecule has 4 heteroatoms. The number of para-hydroxylation sites is 1. The molecule has 0 atom stereocenters. The highest BCUT2D eigenvalue weighted by Crippen LogP contribution is 2.27. The summed E-state index contributed by atoms with van der Waals surface area (Å²) in [5.41, 5.74) is 3.49. The quantitative estimate of drug-likeness (QED) is 0.900. The van der Waals surface area contributed by atoms with Gasteiger partial charge in [-0.05, 0) is 39.2 Å². The zero-order valence-corrected chi connectivity index (χ0v) is 12.7. The van der Waals surface area contributed by atoms with Crippen molar-refractivity contribution in [3.05, 3.63) is 63.9 Å². The Morgan fingerprint density at radius 1 is 1.15 bits per heavy atom. The van der Waals surface area contributed by atoms with Gasteiger partial charge >= 0.3 is 0 Å². The molecule has 0 amide bonds. The van der Waals surface area contributed by atoms with Gasteiger partial charge in [0.1, 0.15) is 5.82 Å². The first-order chi connectivity index (χ1) is 9.75. The molecule has 0 fully saturated rings. The summed E-state index contributed by atoms with van der Waals surface area (Å²) in [6.07, 6.45) is 0. The summed E-state index contributed by atoms with van der Waals surface area (Å²) in [5, 5.41) is 3.42. The SMILES string of the molecule is Fc1cccc(CN2CCNCc3ccccc32)c1Br. The second-order valence-corrected chi connectivity index (χ2v) is 5.73. The molecule has 2 aromatic carbocycles. The van der Waals surface area contributed by atoms with Gasteiger partial charge in [0.25, 0.3) is 0 Å². The average Bonchev–Trinajstić information content (AvgIpc) is 2.67. The fourth-order valence-electron chi connectivity index (χ4n) is 2.57. The third-order valence-corrected chi connectivity index (χ3v) is 4.49. The van der Waals surface area contributed by atoms with Gasteiger partial charge in [-0.1, -0.05) is 30.3 Å². The first kappa shape index (κ1) is 13.6. The predicted octanol–water partition coefficient (Wildman–Crippen LogP) is 3.70. The van der Waals surface area contributed by atoms with Crippen molar-refractivity contribution in [3.8, 4) is 0 Å². The Bertz CT molecular complexity index is 615. The molecular weight excluding hydrogens is 319 g/mol. The molecule has 3 rings (SSSR count). The Kier molecular flexibility index (Phi) is 4.03. The Morgan fingerprint density at radius 2 is 2.00 bits per heavy atom. The molecule has 1 aliphatic heterocycles. The van der Waals surface area contributed by atoms with Crippen molar-refractivity contribution in [2.45, 2.75) is 13.1 Å². The van der Waals surface area contributed by atoms with Gasteiger partial charge in [-0.25, -0.2) is 4.39 Å². The molecule has 1 N–H and O–H groups in total. The van der Waals surface area contributed by atoms with Crippen LogP contribution in [0, 0.1) is 5.82 Å². The molecule has 0 radical (unpaired) electrons. The summed E-state index contributed by atoms with van der Waals surface area (Å²) in [6, 6.07) is 13.6. The van der Waals surface area contributed by atoms with Crippen LogP contribution in [0.25, 0.3) is 0 Å². The molecule has 1 heterocycles. The maximum absolute atomic E-state index is 13.6. The maximum atomic E-state index is 13.6. The average molecular weight is 335 g/mol. The summed E-state index contributed by atoms with van der Waals surface area (Å²) in [4.78, 5) is 2.30. The number of halogens is 2. The van der Waals surface area contributed by atoms with Gasteiger partial charge in [0.15, 0.2) is 0 Å². The standard InChI is InChI=1S/C16H16BrFN2/c17-16-13(5-3-6-14(16)18)11-20-9-8-19-10-12-4-1-2-7-15(12)20/h1-7,19H,8-11H2. The summed E-state index contributed by atoms with van der Waals surface area (Å²) < 4.78 is 14.2. The van der Waals surface area contributed by atoms with E-state index in [9.17, 15) is 4.39 Å². The van der Waals surface area contributed by atoms with E-state index in [0.717, 1.165) is 25.2 Å². The second-order valence-electron chi connectivity index (χ2n) is 4.94. The van der Waals surface area contributed by atoms with Gasteiger partial charge in [0.2, 0.25) is 0 Å². The number of rotatable bonds is 2. The van der Waals surface area contributed by atoms with Crippen LogP contribution >= 0.6 is 15.9 Å². The molecule has 0 saturated heterocycles. The number of hydrogen-bond donors (Lipinski definition) is 1. The van der Waals surface area contributed by atoms with Crippen LogP contribution in [-0.2, 0) is 13.1 Å². The van der Waals surface area contributed by atoms with E-state index in [1.165, 1.54) is 17.3 Å². The van der Waals surface area contributed by atoms with Crippen molar-refractivity contribution in [2.75, 3.05) is 18.0 Å². The number of benzene rings is 2. The van der Waals surface area contributed by atoms with Crippen LogP contribution in [0.3, 0.4) is 0 Å². The van der Waals surface area contributed by atoms with Crippen LogP contribution in [0.1, 0.15) is 11.1 Å². The fraction of sp³-hybridized carbons (Fsp3) is 0.250. The highest BCUT2D eigenvalue weighted by atomic mass is 79.9. The molecule has 20 heavy (non-hydrogen) atoms. The zero-order chi connectivity index (χ0) is 13.9.